The fourth-order valence-corrected chi connectivity index (χ4v) is 3.61. The molecule has 3 rings (SSSR count). The van der Waals surface area contributed by atoms with Crippen LogP contribution >= 0.6 is 0 Å². The highest BCUT2D eigenvalue weighted by Gasteiger charge is 2.25. The third-order valence-electron chi connectivity index (χ3n) is 5.68. The number of esters is 1. The van der Waals surface area contributed by atoms with Gasteiger partial charge in [0, 0.05) is 0 Å². The first-order valence-electron chi connectivity index (χ1n) is 9.34. The Balaban J connectivity index is 1.69. The number of rotatable bonds is 3. The molecule has 2 nitrogen and oxygen atoms in total. The Bertz CT molecular complexity index is 727. The van der Waals surface area contributed by atoms with Gasteiger partial charge in [0.1, 0.15) is 5.75 Å². The van der Waals surface area contributed by atoms with Gasteiger partial charge in [-0.15, -0.1) is 0 Å². The van der Waals surface area contributed by atoms with Crippen LogP contribution in [0.2, 0.25) is 0 Å². The summed E-state index contributed by atoms with van der Waals surface area (Å²) in [5, 5.41) is 0. The summed E-state index contributed by atoms with van der Waals surface area (Å²) in [6.45, 7) is 8.71. The van der Waals surface area contributed by atoms with Gasteiger partial charge in [-0.2, -0.15) is 0 Å². The van der Waals surface area contributed by atoms with E-state index < -0.39 is 0 Å². The maximum Gasteiger partial charge on any atom is 0.314 e. The quantitative estimate of drug-likeness (QED) is 0.507. The predicted octanol–water partition coefficient (Wildman–Crippen LogP) is 6.01. The van der Waals surface area contributed by atoms with E-state index in [9.17, 15) is 4.79 Å². The zero-order valence-corrected chi connectivity index (χ0v) is 15.8. The Labute approximate surface area is 151 Å². The van der Waals surface area contributed by atoms with Crippen LogP contribution in [0, 0.1) is 32.6 Å². The standard InChI is InChI=1S/C23H28O2/c1-15-5-7-20(8-6-15)23(24)25-22-11-9-19(10-12-22)21-13-16(2)18(4)17(3)14-21/h9-15,20H,5-8H2,1-4H3. The van der Waals surface area contributed by atoms with Crippen molar-refractivity contribution in [2.24, 2.45) is 11.8 Å². The van der Waals surface area contributed by atoms with Crippen LogP contribution in [0.4, 0.5) is 0 Å². The second-order valence-corrected chi connectivity index (χ2v) is 7.64. The molecule has 0 N–H and O–H groups in total. The Kier molecular flexibility index (Phi) is 5.27. The average Bonchev–Trinajstić information content (AvgIpc) is 2.60. The summed E-state index contributed by atoms with van der Waals surface area (Å²) >= 11 is 0. The minimum atomic E-state index is -0.0679. The smallest absolute Gasteiger partial charge is 0.314 e. The Morgan fingerprint density at radius 2 is 1.44 bits per heavy atom. The highest BCUT2D eigenvalue weighted by molar-refractivity contribution is 5.75. The molecule has 2 heteroatoms. The fraction of sp³-hybridized carbons (Fsp3) is 0.435. The van der Waals surface area contributed by atoms with Crippen molar-refractivity contribution in [3.05, 3.63) is 53.1 Å². The number of hydrogen-bond donors (Lipinski definition) is 0. The van der Waals surface area contributed by atoms with E-state index in [1.165, 1.54) is 22.3 Å². The van der Waals surface area contributed by atoms with Crippen molar-refractivity contribution in [1.29, 1.82) is 0 Å². The van der Waals surface area contributed by atoms with Gasteiger partial charge in [0.2, 0.25) is 0 Å². The van der Waals surface area contributed by atoms with E-state index in [0.29, 0.717) is 5.75 Å². The lowest BCUT2D eigenvalue weighted by Gasteiger charge is -2.24. The molecule has 1 saturated carbocycles. The van der Waals surface area contributed by atoms with Crippen LogP contribution in [0.5, 0.6) is 5.75 Å². The van der Waals surface area contributed by atoms with Crippen molar-refractivity contribution in [2.75, 3.05) is 0 Å². The molecular weight excluding hydrogens is 308 g/mol. The maximum atomic E-state index is 12.3. The van der Waals surface area contributed by atoms with Crippen LogP contribution in [0.25, 0.3) is 11.1 Å². The van der Waals surface area contributed by atoms with Crippen LogP contribution in [-0.4, -0.2) is 5.97 Å². The molecule has 0 aromatic heterocycles. The van der Waals surface area contributed by atoms with Gasteiger partial charge in [0.25, 0.3) is 0 Å². The van der Waals surface area contributed by atoms with Gasteiger partial charge in [-0.25, -0.2) is 0 Å². The minimum absolute atomic E-state index is 0.0678. The topological polar surface area (TPSA) is 26.3 Å². The van der Waals surface area contributed by atoms with Crippen molar-refractivity contribution in [1.82, 2.24) is 0 Å². The van der Waals surface area contributed by atoms with E-state index in [4.69, 9.17) is 4.74 Å². The highest BCUT2D eigenvalue weighted by atomic mass is 16.5. The first kappa shape index (κ1) is 17.7. The number of carbonyl (C=O) groups excluding carboxylic acids is 1. The molecule has 0 spiro atoms. The predicted molar refractivity (Wildman–Crippen MR) is 103 cm³/mol. The van der Waals surface area contributed by atoms with Gasteiger partial charge >= 0.3 is 5.97 Å². The van der Waals surface area contributed by atoms with E-state index in [0.717, 1.165) is 37.2 Å². The third kappa shape index (κ3) is 4.12. The van der Waals surface area contributed by atoms with Gasteiger partial charge in [-0.3, -0.25) is 4.79 Å². The summed E-state index contributed by atoms with van der Waals surface area (Å²) in [6.07, 6.45) is 4.18. The molecule has 0 aliphatic heterocycles. The molecule has 2 aromatic carbocycles. The Morgan fingerprint density at radius 1 is 0.880 bits per heavy atom. The van der Waals surface area contributed by atoms with Crippen LogP contribution in [-0.2, 0) is 4.79 Å². The van der Waals surface area contributed by atoms with Crippen molar-refractivity contribution >= 4 is 5.97 Å². The summed E-state index contributed by atoms with van der Waals surface area (Å²) in [5.41, 5.74) is 6.31. The van der Waals surface area contributed by atoms with E-state index in [2.05, 4.69) is 39.8 Å². The monoisotopic (exact) mass is 336 g/mol. The summed E-state index contributed by atoms with van der Waals surface area (Å²) < 4.78 is 5.61. The van der Waals surface area contributed by atoms with Gasteiger partial charge in [-0.05, 0) is 92.3 Å². The summed E-state index contributed by atoms with van der Waals surface area (Å²) in [7, 11) is 0. The first-order chi connectivity index (χ1) is 11.9. The molecule has 0 unspecified atom stereocenters. The lowest BCUT2D eigenvalue weighted by molar-refractivity contribution is -0.140. The lowest BCUT2D eigenvalue weighted by atomic mass is 9.83. The van der Waals surface area contributed by atoms with E-state index >= 15 is 0 Å². The van der Waals surface area contributed by atoms with E-state index in [-0.39, 0.29) is 11.9 Å². The molecule has 0 heterocycles. The van der Waals surface area contributed by atoms with Crippen molar-refractivity contribution in [3.8, 4) is 16.9 Å². The second-order valence-electron chi connectivity index (χ2n) is 7.64. The zero-order valence-electron chi connectivity index (χ0n) is 15.8. The number of hydrogen-bond acceptors (Lipinski definition) is 2. The molecule has 0 saturated heterocycles. The van der Waals surface area contributed by atoms with Gasteiger partial charge in [0.05, 0.1) is 5.92 Å². The SMILES string of the molecule is Cc1cc(-c2ccc(OC(=O)C3CCC(C)CC3)cc2)cc(C)c1C. The number of carbonyl (C=O) groups is 1. The molecule has 0 amide bonds. The Hall–Kier alpha value is -2.09. The summed E-state index contributed by atoms with van der Waals surface area (Å²) in [6, 6.07) is 12.3. The molecule has 1 aliphatic rings. The first-order valence-corrected chi connectivity index (χ1v) is 9.34. The molecule has 0 radical (unpaired) electrons. The van der Waals surface area contributed by atoms with Crippen LogP contribution in [0.3, 0.4) is 0 Å². The van der Waals surface area contributed by atoms with Crippen molar-refractivity contribution < 1.29 is 9.53 Å². The van der Waals surface area contributed by atoms with Gasteiger partial charge in [-0.1, -0.05) is 31.2 Å². The van der Waals surface area contributed by atoms with Crippen LogP contribution in [0.1, 0.15) is 49.3 Å². The van der Waals surface area contributed by atoms with Crippen molar-refractivity contribution in [3.63, 3.8) is 0 Å². The lowest BCUT2D eigenvalue weighted by Crippen LogP contribution is -2.24. The molecule has 1 fully saturated rings. The fourth-order valence-electron chi connectivity index (χ4n) is 3.61. The Morgan fingerprint density at radius 3 is 2.00 bits per heavy atom. The number of ether oxygens (including phenoxy) is 1. The molecule has 132 valence electrons. The number of benzene rings is 2. The molecule has 0 atom stereocenters. The minimum Gasteiger partial charge on any atom is -0.426 e. The van der Waals surface area contributed by atoms with Crippen LogP contribution < -0.4 is 4.74 Å². The number of aryl methyl sites for hydroxylation is 2. The van der Waals surface area contributed by atoms with Gasteiger partial charge in [0.15, 0.2) is 0 Å². The molecule has 2 aromatic rings. The molecular formula is C23H28O2. The molecule has 0 bridgehead atoms. The summed E-state index contributed by atoms with van der Waals surface area (Å²) in [4.78, 5) is 12.3. The zero-order chi connectivity index (χ0) is 18.0. The largest absolute Gasteiger partial charge is 0.426 e. The third-order valence-corrected chi connectivity index (χ3v) is 5.68. The van der Waals surface area contributed by atoms with Crippen molar-refractivity contribution in [2.45, 2.75) is 53.4 Å². The molecule has 25 heavy (non-hydrogen) atoms. The summed E-state index contributed by atoms with van der Waals surface area (Å²) in [5.74, 6) is 1.39. The average molecular weight is 336 g/mol. The van der Waals surface area contributed by atoms with Gasteiger partial charge < -0.3 is 4.74 Å². The maximum absolute atomic E-state index is 12.3. The molecule has 1 aliphatic carbocycles. The van der Waals surface area contributed by atoms with E-state index in [1.807, 2.05) is 24.3 Å². The van der Waals surface area contributed by atoms with E-state index in [1.54, 1.807) is 0 Å². The second kappa shape index (κ2) is 7.43. The highest BCUT2D eigenvalue weighted by Crippen LogP contribution is 2.30. The van der Waals surface area contributed by atoms with Crippen LogP contribution in [0.15, 0.2) is 36.4 Å². The normalized spacial score (nSPS) is 20.3.